The normalized spacial score (nSPS) is 6.57. The molecule has 0 saturated carbocycles. The van der Waals surface area contributed by atoms with E-state index < -0.39 is 0 Å². The van der Waals surface area contributed by atoms with E-state index in [0.717, 1.165) is 0 Å². The fraction of sp³-hybridized carbons (Fsp3) is 0.750. The van der Waals surface area contributed by atoms with Gasteiger partial charge in [0.25, 0.3) is 0 Å². The Balaban J connectivity index is 0. The van der Waals surface area contributed by atoms with Crippen molar-refractivity contribution in [3.05, 3.63) is 0 Å². The molecule has 3 heteroatoms. The van der Waals surface area contributed by atoms with Crippen molar-refractivity contribution in [3.63, 3.8) is 0 Å². The van der Waals surface area contributed by atoms with Gasteiger partial charge in [-0.25, -0.2) is 0 Å². The van der Waals surface area contributed by atoms with Gasteiger partial charge in [0.2, 0.25) is 0 Å². The van der Waals surface area contributed by atoms with Crippen molar-refractivity contribution in [2.45, 2.75) is 13.8 Å². The summed E-state index contributed by atoms with van der Waals surface area (Å²) in [5.41, 5.74) is 0. The van der Waals surface area contributed by atoms with E-state index in [1.54, 1.807) is 6.92 Å². The Kier molecular flexibility index (Phi) is 11.1. The van der Waals surface area contributed by atoms with Crippen molar-refractivity contribution in [2.24, 2.45) is 0 Å². The van der Waals surface area contributed by atoms with E-state index in [-0.39, 0.29) is 57.4 Å². The molecule has 0 fully saturated rings. The van der Waals surface area contributed by atoms with Gasteiger partial charge in [-0.05, 0) is 6.92 Å². The molecule has 0 spiro atoms. The van der Waals surface area contributed by atoms with Crippen molar-refractivity contribution < 1.29 is 9.53 Å². The molecule has 1 radical (unpaired) electrons. The number of ether oxygens (including phenoxy) is 1. The Labute approximate surface area is 86.0 Å². The second-order valence-corrected chi connectivity index (χ2v) is 0.925. The third-order valence-corrected chi connectivity index (χ3v) is 0.348. The molecule has 0 aromatic carbocycles. The number of carbonyl (C=O) groups is 1. The van der Waals surface area contributed by atoms with Crippen molar-refractivity contribution in [1.29, 1.82) is 0 Å². The van der Waals surface area contributed by atoms with Crippen LogP contribution < -0.4 is 0 Å². The van der Waals surface area contributed by atoms with E-state index in [4.69, 9.17) is 0 Å². The van der Waals surface area contributed by atoms with Crippen molar-refractivity contribution in [2.75, 3.05) is 6.61 Å². The Bertz CT molecular complexity index is 53.7. The monoisotopic (exact) mass is 127 g/mol. The SMILES string of the molecule is CCOC(C)=O.[K]. The smallest absolute Gasteiger partial charge is 0.302 e. The van der Waals surface area contributed by atoms with E-state index >= 15 is 0 Å². The summed E-state index contributed by atoms with van der Waals surface area (Å²) in [5, 5.41) is 0. The standard InChI is InChI=1S/C4H8O2.K/c1-3-6-4(2)5;/h3H2,1-2H3;. The average molecular weight is 127 g/mol. The number of hydrogen-bond acceptors (Lipinski definition) is 2. The molecule has 0 aliphatic heterocycles. The van der Waals surface area contributed by atoms with E-state index in [1.165, 1.54) is 6.92 Å². The molecule has 0 aromatic heterocycles. The van der Waals surface area contributed by atoms with Gasteiger partial charge in [-0.3, -0.25) is 4.79 Å². The van der Waals surface area contributed by atoms with Crippen LogP contribution in [0.1, 0.15) is 13.8 Å². The fourth-order valence-corrected chi connectivity index (χ4v) is 0.203. The second-order valence-electron chi connectivity index (χ2n) is 0.925. The zero-order valence-electron chi connectivity index (χ0n) is 5.02. The first-order valence-electron chi connectivity index (χ1n) is 1.90. The minimum Gasteiger partial charge on any atom is -0.466 e. The summed E-state index contributed by atoms with van der Waals surface area (Å²) < 4.78 is 4.40. The van der Waals surface area contributed by atoms with Crippen LogP contribution in [0.2, 0.25) is 0 Å². The van der Waals surface area contributed by atoms with Gasteiger partial charge in [0.05, 0.1) is 6.61 Å². The Morgan fingerprint density at radius 3 is 2.14 bits per heavy atom. The van der Waals surface area contributed by atoms with Crippen LogP contribution in [0, 0.1) is 0 Å². The maximum atomic E-state index is 9.82. The predicted molar refractivity (Wildman–Crippen MR) is 28.1 cm³/mol. The fourth-order valence-electron chi connectivity index (χ4n) is 0.203. The summed E-state index contributed by atoms with van der Waals surface area (Å²) in [6, 6.07) is 0. The van der Waals surface area contributed by atoms with Crippen LogP contribution in [-0.2, 0) is 9.53 Å². The topological polar surface area (TPSA) is 26.3 Å². The van der Waals surface area contributed by atoms with E-state index in [1.807, 2.05) is 0 Å². The van der Waals surface area contributed by atoms with Crippen LogP contribution in [0.5, 0.6) is 0 Å². The van der Waals surface area contributed by atoms with Crippen molar-refractivity contribution in [3.8, 4) is 0 Å². The van der Waals surface area contributed by atoms with E-state index in [2.05, 4.69) is 4.74 Å². The molecule has 0 aliphatic rings. The van der Waals surface area contributed by atoms with Crippen LogP contribution in [0.3, 0.4) is 0 Å². The largest absolute Gasteiger partial charge is 0.466 e. The van der Waals surface area contributed by atoms with Gasteiger partial charge in [-0.1, -0.05) is 0 Å². The molecule has 0 rings (SSSR count). The minimum absolute atomic E-state index is 0. The predicted octanol–water partition coefficient (Wildman–Crippen LogP) is 0.189. The van der Waals surface area contributed by atoms with Gasteiger partial charge in [-0.15, -0.1) is 0 Å². The Hall–Kier alpha value is 1.11. The summed E-state index contributed by atoms with van der Waals surface area (Å²) in [6.45, 7) is 3.65. The third-order valence-electron chi connectivity index (χ3n) is 0.348. The van der Waals surface area contributed by atoms with Crippen LogP contribution in [0.15, 0.2) is 0 Å². The number of rotatable bonds is 1. The van der Waals surface area contributed by atoms with Gasteiger partial charge >= 0.3 is 5.97 Å². The first-order valence-corrected chi connectivity index (χ1v) is 1.90. The first kappa shape index (κ1) is 11.0. The Morgan fingerprint density at radius 2 is 2.14 bits per heavy atom. The summed E-state index contributed by atoms with van der Waals surface area (Å²) in [6.07, 6.45) is 0. The molecule has 0 aliphatic carbocycles. The van der Waals surface area contributed by atoms with Gasteiger partial charge in [0.15, 0.2) is 0 Å². The summed E-state index contributed by atoms with van der Waals surface area (Å²) in [7, 11) is 0. The average Bonchev–Trinajstić information content (AvgIpc) is 1.35. The number of esters is 1. The molecule has 0 aromatic rings. The van der Waals surface area contributed by atoms with E-state index in [0.29, 0.717) is 6.61 Å². The molecule has 0 saturated heterocycles. The summed E-state index contributed by atoms with van der Waals surface area (Å²) >= 11 is 0. The molecule has 0 atom stereocenters. The van der Waals surface area contributed by atoms with E-state index in [9.17, 15) is 4.79 Å². The maximum Gasteiger partial charge on any atom is 0.302 e. The minimum atomic E-state index is -0.211. The van der Waals surface area contributed by atoms with Crippen molar-refractivity contribution in [1.82, 2.24) is 0 Å². The quantitative estimate of drug-likeness (QED) is 0.371. The van der Waals surface area contributed by atoms with Crippen LogP contribution in [0.4, 0.5) is 0 Å². The number of carbonyl (C=O) groups excluding carboxylic acids is 1. The second kappa shape index (κ2) is 7.11. The molecule has 37 valence electrons. The van der Waals surface area contributed by atoms with Crippen LogP contribution in [0.25, 0.3) is 0 Å². The summed E-state index contributed by atoms with van der Waals surface area (Å²) in [5.74, 6) is -0.211. The van der Waals surface area contributed by atoms with Gasteiger partial charge < -0.3 is 4.74 Å². The third kappa shape index (κ3) is 11.0. The molecule has 7 heavy (non-hydrogen) atoms. The molecule has 0 unspecified atom stereocenters. The zero-order valence-corrected chi connectivity index (χ0v) is 8.15. The molecule has 0 heterocycles. The van der Waals surface area contributed by atoms with Gasteiger partial charge in [0, 0.05) is 58.3 Å². The van der Waals surface area contributed by atoms with Crippen LogP contribution in [-0.4, -0.2) is 64.0 Å². The molecule has 2 nitrogen and oxygen atoms in total. The molecular weight excluding hydrogens is 119 g/mol. The van der Waals surface area contributed by atoms with Crippen LogP contribution >= 0.6 is 0 Å². The van der Waals surface area contributed by atoms with Crippen molar-refractivity contribution >= 4 is 57.4 Å². The Morgan fingerprint density at radius 1 is 1.71 bits per heavy atom. The first-order chi connectivity index (χ1) is 2.77. The number of hydrogen-bond donors (Lipinski definition) is 0. The molecule has 0 amide bonds. The maximum absolute atomic E-state index is 9.82. The van der Waals surface area contributed by atoms with Gasteiger partial charge in [-0.2, -0.15) is 0 Å². The molecule has 0 N–H and O–H groups in total. The van der Waals surface area contributed by atoms with Gasteiger partial charge in [0.1, 0.15) is 0 Å². The summed E-state index contributed by atoms with van der Waals surface area (Å²) in [4.78, 5) is 9.82. The molecular formula is C4H8KO2. The molecule has 0 bridgehead atoms. The zero-order chi connectivity index (χ0) is 4.99.